The average Bonchev–Trinajstić information content (AvgIpc) is 3.20. The molecule has 3 heterocycles. The highest BCUT2D eigenvalue weighted by Crippen LogP contribution is 2.30. The van der Waals surface area contributed by atoms with Gasteiger partial charge in [-0.1, -0.05) is 44.4 Å². The van der Waals surface area contributed by atoms with Crippen molar-refractivity contribution in [3.63, 3.8) is 0 Å². The molecule has 4 rings (SSSR count). The first-order chi connectivity index (χ1) is 18.1. The third kappa shape index (κ3) is 7.70. The van der Waals surface area contributed by atoms with Crippen molar-refractivity contribution in [2.75, 3.05) is 59.0 Å². The number of rotatable bonds is 6. The van der Waals surface area contributed by atoms with Crippen LogP contribution < -0.4 is 4.74 Å². The molecular formula is C30H47N3O4. The molecule has 1 aromatic carbocycles. The van der Waals surface area contributed by atoms with E-state index in [2.05, 4.69) is 24.0 Å². The fourth-order valence-corrected chi connectivity index (χ4v) is 5.95. The van der Waals surface area contributed by atoms with E-state index in [0.29, 0.717) is 52.2 Å². The van der Waals surface area contributed by atoms with E-state index >= 15 is 0 Å². The summed E-state index contributed by atoms with van der Waals surface area (Å²) in [5, 5.41) is 0. The standard InChI is InChI=1S/C30H47N3O4/c1-2-3-19-32-21-23-36-27-14-7-6-12-26(27)13-8-9-16-30(29(32)35)25-33(22-24-37-30)28(34)15-20-31-17-10-4-5-11-18-31/h6-7,12,14H,2-5,8-11,13,15-25H2,1H3. The minimum Gasteiger partial charge on any atom is -0.491 e. The van der Waals surface area contributed by atoms with Crippen LogP contribution in [-0.2, 0) is 20.7 Å². The van der Waals surface area contributed by atoms with Crippen LogP contribution in [0.15, 0.2) is 24.3 Å². The summed E-state index contributed by atoms with van der Waals surface area (Å²) in [7, 11) is 0. The van der Waals surface area contributed by atoms with Crippen LogP contribution in [-0.4, -0.2) is 91.1 Å². The van der Waals surface area contributed by atoms with E-state index in [0.717, 1.165) is 57.5 Å². The summed E-state index contributed by atoms with van der Waals surface area (Å²) in [5.74, 6) is 1.11. The highest BCUT2D eigenvalue weighted by atomic mass is 16.5. The summed E-state index contributed by atoms with van der Waals surface area (Å²) in [5.41, 5.74) is 0.265. The molecule has 0 aromatic heterocycles. The number of carbonyl (C=O) groups excluding carboxylic acids is 2. The Morgan fingerprint density at radius 1 is 0.946 bits per heavy atom. The van der Waals surface area contributed by atoms with Crippen LogP contribution in [0.4, 0.5) is 0 Å². The van der Waals surface area contributed by atoms with Crippen LogP contribution in [0.25, 0.3) is 0 Å². The lowest BCUT2D eigenvalue weighted by atomic mass is 9.90. The number of amides is 2. The van der Waals surface area contributed by atoms with Gasteiger partial charge in [0.25, 0.3) is 5.91 Å². The van der Waals surface area contributed by atoms with Crippen LogP contribution in [0.3, 0.4) is 0 Å². The predicted octanol–water partition coefficient (Wildman–Crippen LogP) is 4.28. The molecule has 2 saturated heterocycles. The first-order valence-electron chi connectivity index (χ1n) is 14.8. The third-order valence-electron chi connectivity index (χ3n) is 8.21. The van der Waals surface area contributed by atoms with Crippen molar-refractivity contribution < 1.29 is 19.1 Å². The number of hydrogen-bond acceptors (Lipinski definition) is 5. The number of hydrogen-bond donors (Lipinski definition) is 0. The number of ether oxygens (including phenoxy) is 2. The van der Waals surface area contributed by atoms with Gasteiger partial charge in [-0.15, -0.1) is 0 Å². The summed E-state index contributed by atoms with van der Waals surface area (Å²) < 4.78 is 12.5. The maximum atomic E-state index is 14.1. The lowest BCUT2D eigenvalue weighted by molar-refractivity contribution is -0.176. The lowest BCUT2D eigenvalue weighted by Crippen LogP contribution is -2.62. The van der Waals surface area contributed by atoms with E-state index in [4.69, 9.17) is 9.47 Å². The molecule has 0 N–H and O–H groups in total. The van der Waals surface area contributed by atoms with Crippen LogP contribution in [0.2, 0.25) is 0 Å². The van der Waals surface area contributed by atoms with Gasteiger partial charge in [0.15, 0.2) is 5.60 Å². The van der Waals surface area contributed by atoms with E-state index in [-0.39, 0.29) is 11.8 Å². The number of aryl methyl sites for hydroxylation is 1. The molecule has 1 aromatic rings. The van der Waals surface area contributed by atoms with Gasteiger partial charge in [0.2, 0.25) is 5.91 Å². The Kier molecular flexibility index (Phi) is 10.7. The SMILES string of the molecule is CCCCN1CCOc2ccccc2CCCCC2(CN(C(=O)CCN3CCCCCC3)CCO2)C1=O. The molecule has 1 atom stereocenters. The van der Waals surface area contributed by atoms with Crippen LogP contribution in [0.5, 0.6) is 5.75 Å². The summed E-state index contributed by atoms with van der Waals surface area (Å²) in [4.78, 5) is 33.7. The molecular weight excluding hydrogens is 466 g/mol. The summed E-state index contributed by atoms with van der Waals surface area (Å²) in [6.07, 6.45) is 10.9. The van der Waals surface area contributed by atoms with Gasteiger partial charge in [0, 0.05) is 26.1 Å². The molecule has 2 fully saturated rings. The van der Waals surface area contributed by atoms with Gasteiger partial charge in [0.05, 0.1) is 19.7 Å². The molecule has 3 aliphatic rings. The van der Waals surface area contributed by atoms with Crippen molar-refractivity contribution in [2.45, 2.75) is 83.2 Å². The fourth-order valence-electron chi connectivity index (χ4n) is 5.95. The highest BCUT2D eigenvalue weighted by molar-refractivity contribution is 5.87. The van der Waals surface area contributed by atoms with Crippen LogP contribution >= 0.6 is 0 Å². The Morgan fingerprint density at radius 2 is 1.76 bits per heavy atom. The van der Waals surface area contributed by atoms with Crippen molar-refractivity contribution in [1.29, 1.82) is 0 Å². The average molecular weight is 514 g/mol. The molecule has 0 aliphatic carbocycles. The van der Waals surface area contributed by atoms with E-state index < -0.39 is 5.60 Å². The van der Waals surface area contributed by atoms with Crippen molar-refractivity contribution in [3.8, 4) is 5.75 Å². The number of para-hydroxylation sites is 1. The van der Waals surface area contributed by atoms with E-state index in [1.165, 1.54) is 31.2 Å². The minimum absolute atomic E-state index is 0.0310. The highest BCUT2D eigenvalue weighted by Gasteiger charge is 2.46. The number of morpholine rings is 1. The normalized spacial score (nSPS) is 24.5. The molecule has 0 saturated carbocycles. The van der Waals surface area contributed by atoms with Crippen LogP contribution in [0, 0.1) is 0 Å². The van der Waals surface area contributed by atoms with Crippen LogP contribution in [0.1, 0.15) is 76.7 Å². The number of fused-ring (bicyclic) bond motifs is 1. The number of carbonyl (C=O) groups is 2. The summed E-state index contributed by atoms with van der Waals surface area (Å²) in [6, 6.07) is 8.23. The van der Waals surface area contributed by atoms with Gasteiger partial charge in [-0.05, 0) is 69.7 Å². The summed E-state index contributed by atoms with van der Waals surface area (Å²) >= 11 is 0. The Balaban J connectivity index is 1.46. The smallest absolute Gasteiger partial charge is 0.256 e. The van der Waals surface area contributed by atoms with Gasteiger partial charge in [-0.3, -0.25) is 9.59 Å². The molecule has 0 radical (unpaired) electrons. The van der Waals surface area contributed by atoms with Gasteiger partial charge in [0.1, 0.15) is 12.4 Å². The zero-order valence-corrected chi connectivity index (χ0v) is 22.9. The van der Waals surface area contributed by atoms with E-state index in [1.54, 1.807) is 0 Å². The van der Waals surface area contributed by atoms with E-state index in [1.807, 2.05) is 21.9 Å². The van der Waals surface area contributed by atoms with Gasteiger partial charge in [-0.25, -0.2) is 0 Å². The molecule has 37 heavy (non-hydrogen) atoms. The first kappa shape index (κ1) is 27.9. The molecule has 206 valence electrons. The lowest BCUT2D eigenvalue weighted by Gasteiger charge is -2.44. The van der Waals surface area contributed by atoms with Crippen molar-refractivity contribution in [3.05, 3.63) is 29.8 Å². The third-order valence-corrected chi connectivity index (χ3v) is 8.21. The number of nitrogens with zero attached hydrogens (tertiary/aromatic N) is 3. The van der Waals surface area contributed by atoms with Gasteiger partial charge >= 0.3 is 0 Å². The zero-order chi connectivity index (χ0) is 25.9. The molecule has 2 amide bonds. The fraction of sp³-hybridized carbons (Fsp3) is 0.733. The maximum Gasteiger partial charge on any atom is 0.256 e. The Labute approximate surface area is 223 Å². The van der Waals surface area contributed by atoms with E-state index in [9.17, 15) is 9.59 Å². The molecule has 1 spiro atoms. The Hall–Kier alpha value is -2.12. The second-order valence-electron chi connectivity index (χ2n) is 11.0. The zero-order valence-electron chi connectivity index (χ0n) is 22.9. The summed E-state index contributed by atoms with van der Waals surface area (Å²) in [6.45, 7) is 8.18. The second kappa shape index (κ2) is 14.1. The largest absolute Gasteiger partial charge is 0.491 e. The first-order valence-corrected chi connectivity index (χ1v) is 14.8. The Morgan fingerprint density at radius 3 is 2.57 bits per heavy atom. The molecule has 7 nitrogen and oxygen atoms in total. The predicted molar refractivity (Wildman–Crippen MR) is 146 cm³/mol. The van der Waals surface area contributed by atoms with Gasteiger partial charge in [-0.2, -0.15) is 0 Å². The Bertz CT molecular complexity index is 870. The molecule has 1 unspecified atom stereocenters. The van der Waals surface area contributed by atoms with Gasteiger partial charge < -0.3 is 24.2 Å². The number of unbranched alkanes of at least 4 members (excludes halogenated alkanes) is 1. The molecule has 0 bridgehead atoms. The monoisotopic (exact) mass is 513 g/mol. The second-order valence-corrected chi connectivity index (χ2v) is 11.0. The van der Waals surface area contributed by atoms with Crippen molar-refractivity contribution >= 4 is 11.8 Å². The number of benzene rings is 1. The quantitative estimate of drug-likeness (QED) is 0.568. The molecule has 3 aliphatic heterocycles. The number of likely N-dealkylation sites (tertiary alicyclic amines) is 1. The van der Waals surface area contributed by atoms with Crippen molar-refractivity contribution in [2.24, 2.45) is 0 Å². The minimum atomic E-state index is -0.955. The van der Waals surface area contributed by atoms with Crippen molar-refractivity contribution in [1.82, 2.24) is 14.7 Å². The molecule has 7 heteroatoms. The topological polar surface area (TPSA) is 62.3 Å². The maximum absolute atomic E-state index is 14.1.